The number of nitrogens with zero attached hydrogens (tertiary/aromatic N) is 4. The molecule has 0 radical (unpaired) electrons. The van der Waals surface area contributed by atoms with Gasteiger partial charge in [0.2, 0.25) is 9.84 Å². The highest BCUT2D eigenvalue weighted by Gasteiger charge is 2.22. The van der Waals surface area contributed by atoms with E-state index in [4.69, 9.17) is 0 Å². The predicted molar refractivity (Wildman–Crippen MR) is 120 cm³/mol. The number of sulfone groups is 1. The Morgan fingerprint density at radius 1 is 1.03 bits per heavy atom. The van der Waals surface area contributed by atoms with Gasteiger partial charge < -0.3 is 4.40 Å². The van der Waals surface area contributed by atoms with Gasteiger partial charge in [0, 0.05) is 43.0 Å². The van der Waals surface area contributed by atoms with Crippen molar-refractivity contribution in [2.24, 2.45) is 7.05 Å². The zero-order valence-corrected chi connectivity index (χ0v) is 18.2. The first kappa shape index (κ1) is 20.1. The van der Waals surface area contributed by atoms with Crippen LogP contribution < -0.4 is 0 Å². The Labute approximate surface area is 184 Å². The lowest BCUT2D eigenvalue weighted by molar-refractivity contribution is 0.0982. The van der Waals surface area contributed by atoms with Crippen molar-refractivity contribution in [3.63, 3.8) is 0 Å². The highest BCUT2D eigenvalue weighted by molar-refractivity contribution is 7.91. The summed E-state index contributed by atoms with van der Waals surface area (Å²) >= 11 is 0. The zero-order valence-electron chi connectivity index (χ0n) is 17.3. The summed E-state index contributed by atoms with van der Waals surface area (Å²) in [6.07, 6.45) is 7.78. The van der Waals surface area contributed by atoms with Crippen LogP contribution in [0.25, 0.3) is 16.6 Å². The van der Waals surface area contributed by atoms with Gasteiger partial charge in [-0.15, -0.1) is 0 Å². The van der Waals surface area contributed by atoms with Crippen LogP contribution in [0, 0.1) is 0 Å². The SMILES string of the molecule is Cn1ncc2cccc(S(=O)(=O)c3ccc(CCC(=O)c4ccc5nccn5c4)cc3)c21. The van der Waals surface area contributed by atoms with Crippen LogP contribution in [0.15, 0.2) is 89.2 Å². The summed E-state index contributed by atoms with van der Waals surface area (Å²) in [7, 11) is -1.97. The first-order valence-corrected chi connectivity index (χ1v) is 11.6. The fraction of sp³-hybridized carbons (Fsp3) is 0.125. The smallest absolute Gasteiger partial charge is 0.208 e. The second-order valence-electron chi connectivity index (χ2n) is 7.64. The van der Waals surface area contributed by atoms with E-state index in [1.54, 1.807) is 79.0 Å². The molecule has 8 heteroatoms. The van der Waals surface area contributed by atoms with Crippen LogP contribution in [0.5, 0.6) is 0 Å². The maximum Gasteiger partial charge on any atom is 0.208 e. The van der Waals surface area contributed by atoms with Gasteiger partial charge in [0.1, 0.15) is 5.65 Å². The van der Waals surface area contributed by atoms with Crippen molar-refractivity contribution in [3.05, 3.63) is 90.5 Å². The molecule has 0 unspecified atom stereocenters. The molecule has 2 aromatic carbocycles. The third kappa shape index (κ3) is 3.48. The molecule has 0 N–H and O–H groups in total. The molecule has 0 bridgehead atoms. The molecule has 0 saturated carbocycles. The lowest BCUT2D eigenvalue weighted by Crippen LogP contribution is -2.06. The number of hydrogen-bond donors (Lipinski definition) is 0. The van der Waals surface area contributed by atoms with Crippen LogP contribution in [0.2, 0.25) is 0 Å². The van der Waals surface area contributed by atoms with E-state index in [-0.39, 0.29) is 15.6 Å². The maximum absolute atomic E-state index is 13.2. The lowest BCUT2D eigenvalue weighted by Gasteiger charge is -2.09. The Balaban J connectivity index is 1.34. The van der Waals surface area contributed by atoms with Gasteiger partial charge in [-0.3, -0.25) is 9.48 Å². The van der Waals surface area contributed by atoms with Gasteiger partial charge in [-0.05, 0) is 42.3 Å². The van der Waals surface area contributed by atoms with Gasteiger partial charge in [-0.2, -0.15) is 5.10 Å². The fourth-order valence-corrected chi connectivity index (χ4v) is 5.37. The Morgan fingerprint density at radius 3 is 2.66 bits per heavy atom. The molecule has 3 aromatic heterocycles. The zero-order chi connectivity index (χ0) is 22.3. The van der Waals surface area contributed by atoms with Gasteiger partial charge in [0.05, 0.1) is 21.5 Å². The van der Waals surface area contributed by atoms with Crippen LogP contribution in [0.3, 0.4) is 0 Å². The molecular formula is C24H20N4O3S. The van der Waals surface area contributed by atoms with Crippen molar-refractivity contribution in [2.45, 2.75) is 22.6 Å². The number of aromatic nitrogens is 4. The largest absolute Gasteiger partial charge is 0.306 e. The molecule has 0 saturated heterocycles. The normalized spacial score (nSPS) is 11.9. The van der Waals surface area contributed by atoms with Gasteiger partial charge in [-0.1, -0.05) is 24.3 Å². The highest BCUT2D eigenvalue weighted by atomic mass is 32.2. The van der Waals surface area contributed by atoms with Gasteiger partial charge in [-0.25, -0.2) is 13.4 Å². The van der Waals surface area contributed by atoms with Gasteiger partial charge >= 0.3 is 0 Å². The number of Topliss-reactive ketones (excluding diaryl/α,β-unsaturated/α-hetero) is 1. The Hall–Kier alpha value is -3.78. The number of rotatable bonds is 6. The number of hydrogen-bond acceptors (Lipinski definition) is 5. The lowest BCUT2D eigenvalue weighted by atomic mass is 10.0. The number of aryl methyl sites for hydroxylation is 2. The van der Waals surface area contributed by atoms with Crippen molar-refractivity contribution >= 4 is 32.2 Å². The third-order valence-corrected chi connectivity index (χ3v) is 7.40. The maximum atomic E-state index is 13.2. The second kappa shape index (κ2) is 7.72. The van der Waals surface area contributed by atoms with Crippen molar-refractivity contribution in [1.82, 2.24) is 19.2 Å². The average molecular weight is 445 g/mol. The molecular weight excluding hydrogens is 424 g/mol. The molecule has 5 rings (SSSR count). The Kier molecular flexibility index (Phi) is 4.86. The molecule has 0 atom stereocenters. The minimum atomic E-state index is -3.70. The van der Waals surface area contributed by atoms with Crippen molar-refractivity contribution < 1.29 is 13.2 Å². The first-order chi connectivity index (χ1) is 15.4. The summed E-state index contributed by atoms with van der Waals surface area (Å²) < 4.78 is 29.9. The van der Waals surface area contributed by atoms with Gasteiger partial charge in [0.25, 0.3) is 0 Å². The molecule has 0 aliphatic rings. The Bertz CT molecular complexity index is 1560. The first-order valence-electron chi connectivity index (χ1n) is 10.1. The molecule has 3 heterocycles. The van der Waals surface area contributed by atoms with E-state index in [0.717, 1.165) is 16.6 Å². The van der Waals surface area contributed by atoms with Crippen molar-refractivity contribution in [1.29, 1.82) is 0 Å². The predicted octanol–water partition coefficient (Wildman–Crippen LogP) is 3.87. The molecule has 0 aliphatic heterocycles. The van der Waals surface area contributed by atoms with Crippen LogP contribution in [0.1, 0.15) is 22.3 Å². The number of para-hydroxylation sites is 1. The van der Waals surface area contributed by atoms with E-state index in [9.17, 15) is 13.2 Å². The molecule has 7 nitrogen and oxygen atoms in total. The van der Waals surface area contributed by atoms with Crippen LogP contribution in [-0.4, -0.2) is 33.4 Å². The summed E-state index contributed by atoms with van der Waals surface area (Å²) in [6, 6.07) is 15.5. The monoisotopic (exact) mass is 444 g/mol. The number of carbonyl (C=O) groups excluding carboxylic acids is 1. The summed E-state index contributed by atoms with van der Waals surface area (Å²) in [5.41, 5.74) is 2.90. The minimum absolute atomic E-state index is 0.0279. The summed E-state index contributed by atoms with van der Waals surface area (Å²) in [6.45, 7) is 0. The van der Waals surface area contributed by atoms with Crippen LogP contribution in [0.4, 0.5) is 0 Å². The van der Waals surface area contributed by atoms with Crippen LogP contribution in [-0.2, 0) is 23.3 Å². The molecule has 160 valence electrons. The Morgan fingerprint density at radius 2 is 1.84 bits per heavy atom. The summed E-state index contributed by atoms with van der Waals surface area (Å²) in [5.74, 6) is 0.0279. The van der Waals surface area contributed by atoms with E-state index in [2.05, 4.69) is 10.1 Å². The molecule has 0 amide bonds. The molecule has 32 heavy (non-hydrogen) atoms. The van der Waals surface area contributed by atoms with E-state index in [1.165, 1.54) is 0 Å². The molecule has 0 spiro atoms. The number of carbonyl (C=O) groups is 1. The second-order valence-corrected chi connectivity index (χ2v) is 9.56. The topological polar surface area (TPSA) is 86.3 Å². The highest BCUT2D eigenvalue weighted by Crippen LogP contribution is 2.28. The number of fused-ring (bicyclic) bond motifs is 2. The summed E-state index contributed by atoms with van der Waals surface area (Å²) in [5, 5.41) is 4.95. The molecule has 0 fully saturated rings. The molecule has 5 aromatic rings. The summed E-state index contributed by atoms with van der Waals surface area (Å²) in [4.78, 5) is 17.2. The number of imidazole rings is 1. The number of pyridine rings is 1. The number of benzene rings is 2. The van der Waals surface area contributed by atoms with E-state index >= 15 is 0 Å². The van der Waals surface area contributed by atoms with Crippen molar-refractivity contribution in [3.8, 4) is 0 Å². The number of ketones is 1. The minimum Gasteiger partial charge on any atom is -0.306 e. The van der Waals surface area contributed by atoms with E-state index in [0.29, 0.717) is 23.9 Å². The van der Waals surface area contributed by atoms with E-state index < -0.39 is 9.84 Å². The van der Waals surface area contributed by atoms with E-state index in [1.807, 2.05) is 16.5 Å². The van der Waals surface area contributed by atoms with Crippen LogP contribution >= 0.6 is 0 Å². The van der Waals surface area contributed by atoms with Gasteiger partial charge in [0.15, 0.2) is 5.78 Å². The third-order valence-electron chi connectivity index (χ3n) is 5.60. The quantitative estimate of drug-likeness (QED) is 0.371. The fourth-order valence-electron chi connectivity index (χ4n) is 3.86. The molecule has 0 aliphatic carbocycles. The van der Waals surface area contributed by atoms with Crippen molar-refractivity contribution in [2.75, 3.05) is 0 Å². The average Bonchev–Trinajstić information content (AvgIpc) is 3.43. The standard InChI is InChI=1S/C24H20N4O3S/c1-27-24-18(15-26-27)3-2-4-22(24)32(30,31)20-9-5-17(6-10-20)7-11-21(29)19-8-12-23-25-13-14-28(23)16-19/h2-6,8-10,12-16H,7,11H2,1H3.